The average Bonchev–Trinajstić information content (AvgIpc) is 2.72. The molecule has 2 heterocycles. The van der Waals surface area contributed by atoms with Gasteiger partial charge in [-0.15, -0.1) is 0 Å². The van der Waals surface area contributed by atoms with E-state index in [2.05, 4.69) is 11.1 Å². The van der Waals surface area contributed by atoms with Crippen molar-refractivity contribution in [2.24, 2.45) is 11.7 Å². The first kappa shape index (κ1) is 12.8. The summed E-state index contributed by atoms with van der Waals surface area (Å²) in [5, 5.41) is 2.20. The van der Waals surface area contributed by atoms with Crippen molar-refractivity contribution in [3.63, 3.8) is 0 Å². The van der Waals surface area contributed by atoms with Gasteiger partial charge in [-0.05, 0) is 29.7 Å². The van der Waals surface area contributed by atoms with Crippen molar-refractivity contribution in [1.82, 2.24) is 9.88 Å². The van der Waals surface area contributed by atoms with E-state index in [9.17, 15) is 4.79 Å². The van der Waals surface area contributed by atoms with Crippen LogP contribution in [-0.4, -0.2) is 34.4 Å². The largest absolute Gasteiger partial charge is 0.340 e. The van der Waals surface area contributed by atoms with E-state index < -0.39 is 0 Å². The second-order valence-corrected chi connectivity index (χ2v) is 6.44. The van der Waals surface area contributed by atoms with Crippen LogP contribution in [-0.2, 0) is 11.2 Å². The molecule has 2 N–H and O–H groups in total. The first-order valence-electron chi connectivity index (χ1n) is 7.54. The van der Waals surface area contributed by atoms with Gasteiger partial charge in [0.1, 0.15) is 0 Å². The molecule has 0 radical (unpaired) electrons. The Hall–Kier alpha value is -1.94. The lowest BCUT2D eigenvalue weighted by atomic mass is 9.70. The Morgan fingerprint density at radius 3 is 2.95 bits per heavy atom. The Morgan fingerprint density at radius 1 is 1.38 bits per heavy atom. The van der Waals surface area contributed by atoms with Crippen molar-refractivity contribution in [3.8, 4) is 0 Å². The van der Waals surface area contributed by atoms with Crippen molar-refractivity contribution in [1.29, 1.82) is 0 Å². The number of nitrogens with two attached hydrogens (primary N) is 1. The van der Waals surface area contributed by atoms with Crippen LogP contribution in [0.1, 0.15) is 18.4 Å². The third kappa shape index (κ3) is 2.02. The lowest BCUT2D eigenvalue weighted by molar-refractivity contribution is -0.129. The normalized spacial score (nSPS) is 27.5. The van der Waals surface area contributed by atoms with Gasteiger partial charge in [-0.3, -0.25) is 9.78 Å². The van der Waals surface area contributed by atoms with Crippen molar-refractivity contribution in [2.45, 2.75) is 24.8 Å². The fourth-order valence-corrected chi connectivity index (χ4v) is 3.67. The topological polar surface area (TPSA) is 59.2 Å². The monoisotopic (exact) mass is 281 g/mol. The summed E-state index contributed by atoms with van der Waals surface area (Å²) in [4.78, 5) is 18.8. The van der Waals surface area contributed by atoms with Gasteiger partial charge in [0, 0.05) is 36.4 Å². The third-order valence-electron chi connectivity index (χ3n) is 5.14. The first-order valence-corrected chi connectivity index (χ1v) is 7.54. The zero-order valence-corrected chi connectivity index (χ0v) is 12.0. The molecule has 0 bridgehead atoms. The van der Waals surface area contributed by atoms with Crippen molar-refractivity contribution < 1.29 is 4.79 Å². The zero-order valence-electron chi connectivity index (χ0n) is 12.0. The number of pyridine rings is 1. The van der Waals surface area contributed by atoms with Crippen LogP contribution in [0.2, 0.25) is 0 Å². The van der Waals surface area contributed by atoms with Gasteiger partial charge >= 0.3 is 0 Å². The maximum absolute atomic E-state index is 12.6. The number of hydrogen-bond donors (Lipinski definition) is 1. The summed E-state index contributed by atoms with van der Waals surface area (Å²) < 4.78 is 0. The minimum absolute atomic E-state index is 0.104. The Bertz CT molecular complexity index is 709. The van der Waals surface area contributed by atoms with E-state index in [4.69, 9.17) is 5.73 Å². The second-order valence-electron chi connectivity index (χ2n) is 6.44. The molecule has 4 rings (SSSR count). The van der Waals surface area contributed by atoms with Crippen molar-refractivity contribution in [2.75, 3.05) is 13.1 Å². The maximum Gasteiger partial charge on any atom is 0.227 e. The van der Waals surface area contributed by atoms with Gasteiger partial charge in [0.15, 0.2) is 0 Å². The molecule has 21 heavy (non-hydrogen) atoms. The number of benzene rings is 1. The minimum Gasteiger partial charge on any atom is -0.340 e. The van der Waals surface area contributed by atoms with E-state index in [1.54, 1.807) is 0 Å². The Balaban J connectivity index is 1.56. The van der Waals surface area contributed by atoms with Crippen molar-refractivity contribution in [3.05, 3.63) is 42.2 Å². The molecule has 4 heteroatoms. The van der Waals surface area contributed by atoms with Gasteiger partial charge < -0.3 is 10.6 Å². The Morgan fingerprint density at radius 2 is 2.24 bits per heavy atom. The summed E-state index contributed by atoms with van der Waals surface area (Å²) in [5.74, 6) is 0.680. The van der Waals surface area contributed by atoms with E-state index in [0.717, 1.165) is 35.7 Å². The van der Waals surface area contributed by atoms with E-state index in [0.29, 0.717) is 18.9 Å². The number of hydrogen-bond acceptors (Lipinski definition) is 3. The van der Waals surface area contributed by atoms with Crippen LogP contribution in [0.4, 0.5) is 0 Å². The first-order chi connectivity index (χ1) is 10.2. The van der Waals surface area contributed by atoms with Crippen LogP contribution in [0.15, 0.2) is 36.7 Å². The minimum atomic E-state index is -0.104. The zero-order chi connectivity index (χ0) is 14.4. The number of carbonyl (C=O) groups is 1. The van der Waals surface area contributed by atoms with Gasteiger partial charge in [0.25, 0.3) is 0 Å². The summed E-state index contributed by atoms with van der Waals surface area (Å²) in [6, 6.07) is 8.08. The van der Waals surface area contributed by atoms with Crippen LogP contribution in [0, 0.1) is 5.92 Å². The number of amides is 1. The van der Waals surface area contributed by atoms with Crippen LogP contribution >= 0.6 is 0 Å². The van der Waals surface area contributed by atoms with Crippen LogP contribution in [0.3, 0.4) is 0 Å². The van der Waals surface area contributed by atoms with Gasteiger partial charge in [0.2, 0.25) is 5.91 Å². The average molecular weight is 281 g/mol. The predicted octanol–water partition coefficient (Wildman–Crippen LogP) is 1.73. The molecule has 1 amide bonds. The van der Waals surface area contributed by atoms with Crippen LogP contribution in [0.25, 0.3) is 10.8 Å². The summed E-state index contributed by atoms with van der Waals surface area (Å²) in [6.45, 7) is 1.54. The highest BCUT2D eigenvalue weighted by molar-refractivity contribution is 5.89. The van der Waals surface area contributed by atoms with E-state index >= 15 is 0 Å². The molecule has 1 aliphatic carbocycles. The molecular formula is C17H19N3O. The third-order valence-corrected chi connectivity index (χ3v) is 5.14. The lowest BCUT2D eigenvalue weighted by Crippen LogP contribution is -2.54. The number of likely N-dealkylation sites (tertiary alicyclic amines) is 1. The molecule has 1 aliphatic heterocycles. The molecular weight excluding hydrogens is 262 g/mol. The molecule has 2 aromatic rings. The summed E-state index contributed by atoms with van der Waals surface area (Å²) in [5.41, 5.74) is 7.21. The molecule has 0 unspecified atom stereocenters. The van der Waals surface area contributed by atoms with Gasteiger partial charge in [-0.25, -0.2) is 0 Å². The number of carbonyl (C=O) groups excluding carboxylic acids is 1. The fourth-order valence-electron chi connectivity index (χ4n) is 3.67. The number of nitrogens with zero attached hydrogens (tertiary/aromatic N) is 2. The molecule has 1 aromatic heterocycles. The molecule has 2 aliphatic rings. The molecule has 1 saturated carbocycles. The number of rotatable bonds is 2. The molecule has 108 valence electrons. The lowest BCUT2D eigenvalue weighted by Gasteiger charge is -2.39. The van der Waals surface area contributed by atoms with Crippen LogP contribution in [0.5, 0.6) is 0 Å². The van der Waals surface area contributed by atoms with Gasteiger partial charge in [-0.2, -0.15) is 0 Å². The van der Waals surface area contributed by atoms with Crippen molar-refractivity contribution >= 4 is 16.7 Å². The Labute approximate surface area is 124 Å². The molecule has 4 nitrogen and oxygen atoms in total. The summed E-state index contributed by atoms with van der Waals surface area (Å²) in [6.07, 6.45) is 6.28. The summed E-state index contributed by atoms with van der Waals surface area (Å²) >= 11 is 0. The van der Waals surface area contributed by atoms with E-state index in [1.165, 1.54) is 0 Å². The smallest absolute Gasteiger partial charge is 0.227 e. The fraction of sp³-hybridized carbons (Fsp3) is 0.412. The number of aromatic nitrogens is 1. The highest BCUT2D eigenvalue weighted by Gasteiger charge is 2.51. The van der Waals surface area contributed by atoms with Crippen LogP contribution < -0.4 is 5.73 Å². The van der Waals surface area contributed by atoms with Gasteiger partial charge in [0.05, 0.1) is 6.42 Å². The maximum atomic E-state index is 12.6. The molecule has 2 fully saturated rings. The second kappa shape index (κ2) is 4.53. The predicted molar refractivity (Wildman–Crippen MR) is 81.7 cm³/mol. The molecule has 1 aromatic carbocycles. The highest BCUT2D eigenvalue weighted by atomic mass is 16.2. The summed E-state index contributed by atoms with van der Waals surface area (Å²) in [7, 11) is 0. The highest BCUT2D eigenvalue weighted by Crippen LogP contribution is 2.42. The quantitative estimate of drug-likeness (QED) is 0.912. The number of fused-ring (bicyclic) bond motifs is 2. The van der Waals surface area contributed by atoms with E-state index in [-0.39, 0.29) is 11.4 Å². The SMILES string of the molecule is N[C@]12CC[C@H]1CN(C(=O)Cc1cncc3ccccc13)C2. The molecule has 2 atom stereocenters. The molecule has 1 saturated heterocycles. The molecule has 0 spiro atoms. The standard InChI is InChI=1S/C17H19N3O/c18-17-6-5-14(17)10-20(11-17)16(21)7-13-9-19-8-12-3-1-2-4-15(12)13/h1-4,8-9,14H,5-7,10-11,18H2/t14-,17-/m0/s1. The van der Waals surface area contributed by atoms with E-state index in [1.807, 2.05) is 35.5 Å². The Kier molecular flexibility index (Phi) is 2.76. The van der Waals surface area contributed by atoms with Gasteiger partial charge in [-0.1, -0.05) is 24.3 Å².